The van der Waals surface area contributed by atoms with Crippen molar-refractivity contribution in [2.24, 2.45) is 12.8 Å². The van der Waals surface area contributed by atoms with Crippen molar-refractivity contribution in [1.82, 2.24) is 9.78 Å². The molecular weight excluding hydrogens is 210 g/mol. The highest BCUT2D eigenvalue weighted by atomic mass is 35.5. The van der Waals surface area contributed by atoms with Crippen LogP contribution in [0.1, 0.15) is 5.56 Å². The lowest BCUT2D eigenvalue weighted by Gasteiger charge is -2.03. The van der Waals surface area contributed by atoms with Crippen LogP contribution in [-0.4, -0.2) is 9.78 Å². The molecule has 0 atom stereocenters. The van der Waals surface area contributed by atoms with Gasteiger partial charge in [-0.25, -0.2) is 0 Å². The maximum Gasteiger partial charge on any atom is 0.0937 e. The van der Waals surface area contributed by atoms with E-state index < -0.39 is 0 Å². The Balaban J connectivity index is 2.45. The van der Waals surface area contributed by atoms with Crippen LogP contribution in [0.2, 0.25) is 5.02 Å². The van der Waals surface area contributed by atoms with Crippen molar-refractivity contribution in [3.63, 3.8) is 0 Å². The molecule has 0 bridgehead atoms. The van der Waals surface area contributed by atoms with Crippen molar-refractivity contribution in [1.29, 1.82) is 0 Å². The Hall–Kier alpha value is -1.32. The van der Waals surface area contributed by atoms with Gasteiger partial charge >= 0.3 is 0 Å². The maximum absolute atomic E-state index is 6.15. The zero-order chi connectivity index (χ0) is 10.8. The lowest BCUT2D eigenvalue weighted by Crippen LogP contribution is -1.96. The summed E-state index contributed by atoms with van der Waals surface area (Å²) in [6.45, 7) is 0.502. The summed E-state index contributed by atoms with van der Waals surface area (Å²) in [5.74, 6) is 0. The quantitative estimate of drug-likeness (QED) is 0.845. The summed E-state index contributed by atoms with van der Waals surface area (Å²) in [5, 5.41) is 4.99. The van der Waals surface area contributed by atoms with Crippen molar-refractivity contribution in [2.75, 3.05) is 0 Å². The molecule has 0 radical (unpaired) electrons. The number of aromatic nitrogens is 2. The van der Waals surface area contributed by atoms with Crippen molar-refractivity contribution in [3.05, 3.63) is 41.0 Å². The molecule has 0 aliphatic carbocycles. The molecule has 78 valence electrons. The van der Waals surface area contributed by atoms with Crippen LogP contribution in [0.15, 0.2) is 30.5 Å². The average molecular weight is 222 g/mol. The third kappa shape index (κ3) is 2.03. The van der Waals surface area contributed by atoms with Crippen molar-refractivity contribution in [2.45, 2.75) is 6.54 Å². The summed E-state index contributed by atoms with van der Waals surface area (Å²) in [5.41, 5.74) is 8.38. The number of nitrogens with two attached hydrogens (primary N) is 1. The van der Waals surface area contributed by atoms with E-state index in [0.717, 1.165) is 16.8 Å². The number of hydrogen-bond acceptors (Lipinski definition) is 2. The van der Waals surface area contributed by atoms with Gasteiger partial charge in [-0.2, -0.15) is 5.10 Å². The van der Waals surface area contributed by atoms with E-state index in [2.05, 4.69) is 5.10 Å². The highest BCUT2D eigenvalue weighted by Gasteiger charge is 2.06. The normalized spacial score (nSPS) is 10.6. The van der Waals surface area contributed by atoms with Gasteiger partial charge in [0.2, 0.25) is 0 Å². The Bertz CT molecular complexity index is 476. The Morgan fingerprint density at radius 2 is 2.20 bits per heavy atom. The van der Waals surface area contributed by atoms with Gasteiger partial charge in [0.25, 0.3) is 0 Å². The molecule has 0 fully saturated rings. The number of halogens is 1. The van der Waals surface area contributed by atoms with Crippen molar-refractivity contribution in [3.8, 4) is 11.3 Å². The summed E-state index contributed by atoms with van der Waals surface area (Å²) in [7, 11) is 1.88. The van der Waals surface area contributed by atoms with E-state index in [1.165, 1.54) is 0 Å². The first-order chi connectivity index (χ1) is 7.20. The molecule has 0 amide bonds. The first kappa shape index (κ1) is 10.2. The number of nitrogens with zero attached hydrogens (tertiary/aromatic N) is 2. The van der Waals surface area contributed by atoms with Crippen LogP contribution < -0.4 is 5.73 Å². The van der Waals surface area contributed by atoms with Crippen LogP contribution >= 0.6 is 11.6 Å². The smallest absolute Gasteiger partial charge is 0.0937 e. The van der Waals surface area contributed by atoms with E-state index in [0.29, 0.717) is 11.6 Å². The summed E-state index contributed by atoms with van der Waals surface area (Å²) in [6.07, 6.45) is 1.89. The van der Waals surface area contributed by atoms with Gasteiger partial charge in [0.05, 0.1) is 10.7 Å². The summed E-state index contributed by atoms with van der Waals surface area (Å²) < 4.78 is 1.75. The van der Waals surface area contributed by atoms with Gasteiger partial charge in [-0.3, -0.25) is 4.68 Å². The number of benzene rings is 1. The molecule has 2 N–H and O–H groups in total. The van der Waals surface area contributed by atoms with E-state index in [-0.39, 0.29) is 0 Å². The molecule has 3 nitrogen and oxygen atoms in total. The molecule has 15 heavy (non-hydrogen) atoms. The third-order valence-electron chi connectivity index (χ3n) is 2.26. The second-order valence-corrected chi connectivity index (χ2v) is 3.80. The Morgan fingerprint density at radius 3 is 2.73 bits per heavy atom. The third-order valence-corrected chi connectivity index (χ3v) is 2.57. The molecule has 4 heteroatoms. The highest BCUT2D eigenvalue weighted by molar-refractivity contribution is 6.33. The standard InChI is InChI=1S/C11H12ClN3/c1-15-5-4-11(14-15)9-3-2-8(7-13)6-10(9)12/h2-6H,7,13H2,1H3. The average Bonchev–Trinajstić information content (AvgIpc) is 2.64. The molecule has 0 unspecified atom stereocenters. The molecule has 1 aromatic heterocycles. The van der Waals surface area contributed by atoms with Gasteiger partial charge in [-0.15, -0.1) is 0 Å². The summed E-state index contributed by atoms with van der Waals surface area (Å²) in [4.78, 5) is 0. The lowest BCUT2D eigenvalue weighted by molar-refractivity contribution is 0.771. The molecule has 0 aliphatic rings. The van der Waals surface area contributed by atoms with E-state index in [4.69, 9.17) is 17.3 Å². The lowest BCUT2D eigenvalue weighted by atomic mass is 10.1. The Labute approximate surface area is 93.5 Å². The monoisotopic (exact) mass is 221 g/mol. The zero-order valence-corrected chi connectivity index (χ0v) is 9.20. The van der Waals surface area contributed by atoms with Crippen molar-refractivity contribution < 1.29 is 0 Å². The Kier molecular flexibility index (Phi) is 2.75. The number of rotatable bonds is 2. The predicted molar refractivity (Wildman–Crippen MR) is 61.5 cm³/mol. The maximum atomic E-state index is 6.15. The van der Waals surface area contributed by atoms with E-state index in [9.17, 15) is 0 Å². The fraction of sp³-hybridized carbons (Fsp3) is 0.182. The SMILES string of the molecule is Cn1ccc(-c2ccc(CN)cc2Cl)n1. The van der Waals surface area contributed by atoms with Crippen LogP contribution in [0, 0.1) is 0 Å². The van der Waals surface area contributed by atoms with Gasteiger partial charge in [0.1, 0.15) is 0 Å². The van der Waals surface area contributed by atoms with Crippen LogP contribution in [0.5, 0.6) is 0 Å². The second-order valence-electron chi connectivity index (χ2n) is 3.39. The number of aryl methyl sites for hydroxylation is 1. The fourth-order valence-electron chi connectivity index (χ4n) is 1.45. The van der Waals surface area contributed by atoms with Gasteiger partial charge < -0.3 is 5.73 Å². The largest absolute Gasteiger partial charge is 0.326 e. The molecule has 1 aromatic carbocycles. The van der Waals surface area contributed by atoms with E-state index >= 15 is 0 Å². The second kappa shape index (κ2) is 4.04. The minimum Gasteiger partial charge on any atom is -0.326 e. The van der Waals surface area contributed by atoms with E-state index in [1.54, 1.807) is 4.68 Å². The van der Waals surface area contributed by atoms with Gasteiger partial charge in [-0.05, 0) is 17.7 Å². The number of hydrogen-bond donors (Lipinski definition) is 1. The van der Waals surface area contributed by atoms with Crippen LogP contribution in [0.25, 0.3) is 11.3 Å². The molecule has 2 rings (SSSR count). The highest BCUT2D eigenvalue weighted by Crippen LogP contribution is 2.27. The molecule has 0 saturated heterocycles. The summed E-state index contributed by atoms with van der Waals surface area (Å²) >= 11 is 6.15. The predicted octanol–water partition coefficient (Wildman–Crippen LogP) is 2.20. The molecule has 0 spiro atoms. The van der Waals surface area contributed by atoms with E-state index in [1.807, 2.05) is 37.5 Å². The first-order valence-electron chi connectivity index (χ1n) is 4.69. The fourth-order valence-corrected chi connectivity index (χ4v) is 1.75. The van der Waals surface area contributed by atoms with Crippen molar-refractivity contribution >= 4 is 11.6 Å². The Morgan fingerprint density at radius 1 is 1.40 bits per heavy atom. The van der Waals surface area contributed by atoms with Crippen LogP contribution in [0.3, 0.4) is 0 Å². The topological polar surface area (TPSA) is 43.8 Å². The van der Waals surface area contributed by atoms with Crippen LogP contribution in [-0.2, 0) is 13.6 Å². The van der Waals surface area contributed by atoms with Gasteiger partial charge in [0.15, 0.2) is 0 Å². The van der Waals surface area contributed by atoms with Gasteiger partial charge in [-0.1, -0.05) is 23.7 Å². The molecule has 0 saturated carbocycles. The molecular formula is C11H12ClN3. The minimum atomic E-state index is 0.502. The van der Waals surface area contributed by atoms with Gasteiger partial charge in [0, 0.05) is 25.4 Å². The minimum absolute atomic E-state index is 0.502. The van der Waals surface area contributed by atoms with Crippen LogP contribution in [0.4, 0.5) is 0 Å². The molecule has 2 aromatic rings. The zero-order valence-electron chi connectivity index (χ0n) is 8.44. The molecule has 1 heterocycles. The molecule has 0 aliphatic heterocycles. The first-order valence-corrected chi connectivity index (χ1v) is 5.07. The summed E-state index contributed by atoms with van der Waals surface area (Å²) in [6, 6.07) is 7.73.